The lowest BCUT2D eigenvalue weighted by molar-refractivity contribution is 0.725. The van der Waals surface area contributed by atoms with Crippen molar-refractivity contribution in [2.24, 2.45) is 0 Å². The Bertz CT molecular complexity index is 80.5. The summed E-state index contributed by atoms with van der Waals surface area (Å²) in [4.78, 5) is 0. The summed E-state index contributed by atoms with van der Waals surface area (Å²) in [6.07, 6.45) is 0. The van der Waals surface area contributed by atoms with Crippen molar-refractivity contribution in [2.45, 2.75) is 19.9 Å². The van der Waals surface area contributed by atoms with Crippen LogP contribution in [-0.4, -0.2) is 18.2 Å². The average Bonchev–Trinajstić information content (AvgIpc) is 1.65. The van der Waals surface area contributed by atoms with Gasteiger partial charge in [-0.25, -0.2) is 0 Å². The first kappa shape index (κ1) is 7.69. The first-order valence-electron chi connectivity index (χ1n) is 2.65. The molecule has 8 heavy (non-hydrogen) atoms. The Morgan fingerprint density at radius 2 is 2.00 bits per heavy atom. The van der Waals surface area contributed by atoms with Crippen molar-refractivity contribution in [1.82, 2.24) is 10.6 Å². The van der Waals surface area contributed by atoms with Crippen molar-refractivity contribution in [3.8, 4) is 0 Å². The van der Waals surface area contributed by atoms with Crippen LogP contribution < -0.4 is 10.6 Å². The Morgan fingerprint density at radius 3 is 2.12 bits per heavy atom. The average molecular weight is 132 g/mol. The van der Waals surface area contributed by atoms with E-state index in [4.69, 9.17) is 12.2 Å². The van der Waals surface area contributed by atoms with Gasteiger partial charge in [0.25, 0.3) is 0 Å². The molecular weight excluding hydrogens is 120 g/mol. The van der Waals surface area contributed by atoms with Crippen molar-refractivity contribution < 1.29 is 0 Å². The van der Waals surface area contributed by atoms with Crippen LogP contribution in [0.2, 0.25) is 0 Å². The second kappa shape index (κ2) is 3.66. The Balaban J connectivity index is 3.25. The number of hydrogen-bond donors (Lipinski definition) is 2. The monoisotopic (exact) mass is 132 g/mol. The van der Waals surface area contributed by atoms with E-state index in [1.54, 1.807) is 7.05 Å². The van der Waals surface area contributed by atoms with E-state index in [0.29, 0.717) is 11.2 Å². The molecule has 0 aromatic heterocycles. The minimum absolute atomic E-state index is 0.426. The fourth-order valence-corrected chi connectivity index (χ4v) is 0.570. The molecule has 0 aliphatic carbocycles. The Kier molecular flexibility index (Phi) is 3.52. The van der Waals surface area contributed by atoms with Crippen molar-refractivity contribution in [2.75, 3.05) is 7.05 Å². The number of nitrogens with one attached hydrogen (secondary N) is 2. The third-order valence-electron chi connectivity index (χ3n) is 0.647. The minimum atomic E-state index is 0.426. The van der Waals surface area contributed by atoms with E-state index in [1.165, 1.54) is 0 Å². The Hall–Kier alpha value is -0.310. The third-order valence-corrected chi connectivity index (χ3v) is 0.969. The van der Waals surface area contributed by atoms with E-state index >= 15 is 0 Å². The van der Waals surface area contributed by atoms with Gasteiger partial charge < -0.3 is 10.6 Å². The van der Waals surface area contributed by atoms with E-state index in [-0.39, 0.29) is 0 Å². The first-order valence-corrected chi connectivity index (χ1v) is 3.06. The van der Waals surface area contributed by atoms with Crippen LogP contribution in [0.15, 0.2) is 0 Å². The van der Waals surface area contributed by atoms with Crippen LogP contribution in [0.3, 0.4) is 0 Å². The standard InChI is InChI=1S/C5H12N2S/c1-4(2)7-5(8)6-3/h4H,1-3H3,(H2,6,7,8). The van der Waals surface area contributed by atoms with Crippen LogP contribution in [-0.2, 0) is 0 Å². The number of thiocarbonyl (C=S) groups is 1. The third kappa shape index (κ3) is 3.87. The summed E-state index contributed by atoms with van der Waals surface area (Å²) >= 11 is 4.81. The van der Waals surface area contributed by atoms with Gasteiger partial charge >= 0.3 is 0 Å². The lowest BCUT2D eigenvalue weighted by atomic mass is 10.4. The minimum Gasteiger partial charge on any atom is -0.366 e. The van der Waals surface area contributed by atoms with Gasteiger partial charge in [0.1, 0.15) is 0 Å². The largest absolute Gasteiger partial charge is 0.366 e. The van der Waals surface area contributed by atoms with Gasteiger partial charge in [-0.15, -0.1) is 0 Å². The molecule has 0 radical (unpaired) electrons. The summed E-state index contributed by atoms with van der Waals surface area (Å²) in [5, 5.41) is 6.54. The van der Waals surface area contributed by atoms with Crippen molar-refractivity contribution in [3.63, 3.8) is 0 Å². The molecule has 48 valence electrons. The predicted octanol–water partition coefficient (Wildman–Crippen LogP) is 0.489. The van der Waals surface area contributed by atoms with E-state index in [9.17, 15) is 0 Å². The molecule has 0 fully saturated rings. The molecule has 0 amide bonds. The van der Waals surface area contributed by atoms with E-state index in [0.717, 1.165) is 0 Å². The molecule has 0 saturated carbocycles. The lowest BCUT2D eigenvalue weighted by Gasteiger charge is -2.08. The van der Waals surface area contributed by atoms with Crippen LogP contribution in [0, 0.1) is 0 Å². The first-order chi connectivity index (χ1) is 3.66. The fourth-order valence-electron chi connectivity index (χ4n) is 0.334. The summed E-state index contributed by atoms with van der Waals surface area (Å²) in [5.74, 6) is 0. The highest BCUT2D eigenvalue weighted by Gasteiger charge is 1.91. The lowest BCUT2D eigenvalue weighted by Crippen LogP contribution is -2.36. The maximum atomic E-state index is 4.81. The molecular formula is C5H12N2S. The van der Waals surface area contributed by atoms with Crippen molar-refractivity contribution in [3.05, 3.63) is 0 Å². The van der Waals surface area contributed by atoms with Crippen LogP contribution >= 0.6 is 12.2 Å². The smallest absolute Gasteiger partial charge is 0.166 e. The van der Waals surface area contributed by atoms with Gasteiger partial charge in [0.05, 0.1) is 0 Å². The van der Waals surface area contributed by atoms with Gasteiger partial charge in [-0.3, -0.25) is 0 Å². The van der Waals surface area contributed by atoms with Crippen molar-refractivity contribution in [1.29, 1.82) is 0 Å². The molecule has 0 aliphatic heterocycles. The van der Waals surface area contributed by atoms with E-state index in [1.807, 2.05) is 13.8 Å². The van der Waals surface area contributed by atoms with Crippen LogP contribution in [0.25, 0.3) is 0 Å². The second-order valence-electron chi connectivity index (χ2n) is 1.88. The zero-order chi connectivity index (χ0) is 6.57. The SMILES string of the molecule is CNC(=S)NC(C)C. The van der Waals surface area contributed by atoms with Crippen LogP contribution in [0.1, 0.15) is 13.8 Å². The normalized spacial score (nSPS) is 9.00. The topological polar surface area (TPSA) is 24.1 Å². The highest BCUT2D eigenvalue weighted by atomic mass is 32.1. The molecule has 0 aliphatic rings. The molecule has 3 heteroatoms. The second-order valence-corrected chi connectivity index (χ2v) is 2.29. The van der Waals surface area contributed by atoms with Gasteiger partial charge in [0.2, 0.25) is 0 Å². The molecule has 0 aromatic rings. The molecule has 2 N–H and O–H groups in total. The highest BCUT2D eigenvalue weighted by molar-refractivity contribution is 7.80. The molecule has 0 heterocycles. The van der Waals surface area contributed by atoms with E-state index in [2.05, 4.69) is 10.6 Å². The van der Waals surface area contributed by atoms with Gasteiger partial charge in [-0.1, -0.05) is 0 Å². The molecule has 0 saturated heterocycles. The quantitative estimate of drug-likeness (QED) is 0.508. The molecule has 0 bridgehead atoms. The van der Waals surface area contributed by atoms with Gasteiger partial charge in [0, 0.05) is 13.1 Å². The Morgan fingerprint density at radius 1 is 1.50 bits per heavy atom. The zero-order valence-corrected chi connectivity index (χ0v) is 6.30. The van der Waals surface area contributed by atoms with Gasteiger partial charge in [0.15, 0.2) is 5.11 Å². The summed E-state index contributed by atoms with van der Waals surface area (Å²) < 4.78 is 0. The summed E-state index contributed by atoms with van der Waals surface area (Å²) in [7, 11) is 1.80. The van der Waals surface area contributed by atoms with Crippen LogP contribution in [0.5, 0.6) is 0 Å². The predicted molar refractivity (Wildman–Crippen MR) is 39.9 cm³/mol. The fraction of sp³-hybridized carbons (Fsp3) is 0.800. The highest BCUT2D eigenvalue weighted by Crippen LogP contribution is 1.74. The summed E-state index contributed by atoms with van der Waals surface area (Å²) in [5.41, 5.74) is 0. The summed E-state index contributed by atoms with van der Waals surface area (Å²) in [6.45, 7) is 4.09. The number of rotatable bonds is 1. The maximum absolute atomic E-state index is 4.81. The number of hydrogen-bond acceptors (Lipinski definition) is 1. The molecule has 2 nitrogen and oxygen atoms in total. The Labute approximate surface area is 55.7 Å². The summed E-state index contributed by atoms with van der Waals surface area (Å²) in [6, 6.07) is 0.426. The van der Waals surface area contributed by atoms with Crippen LogP contribution in [0.4, 0.5) is 0 Å². The zero-order valence-electron chi connectivity index (χ0n) is 5.49. The molecule has 0 spiro atoms. The van der Waals surface area contributed by atoms with Gasteiger partial charge in [-0.2, -0.15) is 0 Å². The van der Waals surface area contributed by atoms with Crippen molar-refractivity contribution >= 4 is 17.3 Å². The molecule has 0 rings (SSSR count). The van der Waals surface area contributed by atoms with E-state index < -0.39 is 0 Å². The molecule has 0 unspecified atom stereocenters. The molecule has 0 aromatic carbocycles. The molecule has 0 atom stereocenters. The van der Waals surface area contributed by atoms with Gasteiger partial charge in [-0.05, 0) is 26.1 Å². The maximum Gasteiger partial charge on any atom is 0.166 e.